The monoisotopic (exact) mass is 397 g/mol. The topological polar surface area (TPSA) is 56.8 Å². The highest BCUT2D eigenvalue weighted by molar-refractivity contribution is 6.31. The first-order valence-corrected chi connectivity index (χ1v) is 8.97. The van der Waals surface area contributed by atoms with Crippen LogP contribution in [0, 0.1) is 0 Å². The Morgan fingerprint density at radius 3 is 2.25 bits per heavy atom. The number of anilines is 1. The summed E-state index contributed by atoms with van der Waals surface area (Å²) in [5, 5.41) is 3.35. The van der Waals surface area contributed by atoms with Crippen LogP contribution in [-0.2, 0) is 11.3 Å². The number of ether oxygens (including phenoxy) is 3. The Hall–Kier alpha value is -3.02. The van der Waals surface area contributed by atoms with Crippen molar-refractivity contribution in [1.29, 1.82) is 0 Å². The molecular formula is C22H20ClNO4. The molecule has 3 rings (SSSR count). The molecule has 3 aromatic rings. The summed E-state index contributed by atoms with van der Waals surface area (Å²) < 4.78 is 16.1. The Balaban J connectivity index is 1.78. The second-order valence-corrected chi connectivity index (χ2v) is 6.44. The van der Waals surface area contributed by atoms with Gasteiger partial charge in [-0.3, -0.25) is 4.79 Å². The number of benzene rings is 3. The highest BCUT2D eigenvalue weighted by Crippen LogP contribution is 2.33. The van der Waals surface area contributed by atoms with Crippen LogP contribution in [-0.4, -0.2) is 20.1 Å². The van der Waals surface area contributed by atoms with E-state index in [2.05, 4.69) is 5.32 Å². The fourth-order valence-electron chi connectivity index (χ4n) is 2.57. The molecule has 1 amide bonds. The average Bonchev–Trinajstić information content (AvgIpc) is 2.71. The summed E-state index contributed by atoms with van der Waals surface area (Å²) in [6, 6.07) is 19.4. The van der Waals surface area contributed by atoms with Crippen LogP contribution >= 0.6 is 11.6 Å². The van der Waals surface area contributed by atoms with Crippen LogP contribution in [0.3, 0.4) is 0 Å². The van der Waals surface area contributed by atoms with Gasteiger partial charge >= 0.3 is 0 Å². The van der Waals surface area contributed by atoms with Crippen LogP contribution in [0.1, 0.15) is 15.9 Å². The molecule has 0 saturated heterocycles. The number of nitrogens with one attached hydrogen (secondary N) is 1. The number of carbonyl (C=O) groups excluding carboxylic acids is 1. The van der Waals surface area contributed by atoms with Gasteiger partial charge in [-0.2, -0.15) is 0 Å². The van der Waals surface area contributed by atoms with Gasteiger partial charge in [0.15, 0.2) is 5.75 Å². The standard InChI is InChI=1S/C22H20ClNO4/c1-26-14-15-3-5-16(6-4-15)22(25)24-20-13-17(23)7-12-21(20)28-19-10-8-18(27-2)9-11-19/h3-13H,14H2,1-2H3,(H,24,25). The van der Waals surface area contributed by atoms with Crippen LogP contribution in [0.5, 0.6) is 17.2 Å². The van der Waals surface area contributed by atoms with E-state index in [0.29, 0.717) is 34.4 Å². The molecular weight excluding hydrogens is 378 g/mol. The van der Waals surface area contributed by atoms with Crippen molar-refractivity contribution in [3.05, 3.63) is 82.9 Å². The van der Waals surface area contributed by atoms with E-state index in [1.807, 2.05) is 12.1 Å². The number of halogens is 1. The predicted molar refractivity (Wildman–Crippen MR) is 110 cm³/mol. The van der Waals surface area contributed by atoms with Crippen molar-refractivity contribution >= 4 is 23.2 Å². The van der Waals surface area contributed by atoms with Gasteiger partial charge in [0.1, 0.15) is 11.5 Å². The lowest BCUT2D eigenvalue weighted by atomic mass is 10.1. The van der Waals surface area contributed by atoms with E-state index in [9.17, 15) is 4.79 Å². The van der Waals surface area contributed by atoms with Crippen molar-refractivity contribution in [2.75, 3.05) is 19.5 Å². The van der Waals surface area contributed by atoms with Crippen molar-refractivity contribution in [2.45, 2.75) is 6.61 Å². The van der Waals surface area contributed by atoms with Crippen molar-refractivity contribution in [3.8, 4) is 17.2 Å². The minimum atomic E-state index is -0.259. The van der Waals surface area contributed by atoms with Crippen molar-refractivity contribution in [1.82, 2.24) is 0 Å². The highest BCUT2D eigenvalue weighted by atomic mass is 35.5. The smallest absolute Gasteiger partial charge is 0.255 e. The number of amides is 1. The average molecular weight is 398 g/mol. The van der Waals surface area contributed by atoms with Gasteiger partial charge in [-0.05, 0) is 60.2 Å². The zero-order chi connectivity index (χ0) is 19.9. The fraction of sp³-hybridized carbons (Fsp3) is 0.136. The van der Waals surface area contributed by atoms with E-state index in [4.69, 9.17) is 25.8 Å². The molecule has 0 aliphatic heterocycles. The maximum Gasteiger partial charge on any atom is 0.255 e. The van der Waals surface area contributed by atoms with Gasteiger partial charge in [0.2, 0.25) is 0 Å². The molecule has 0 atom stereocenters. The first kappa shape index (κ1) is 19.7. The van der Waals surface area contributed by atoms with Gasteiger partial charge in [0.25, 0.3) is 5.91 Å². The number of hydrogen-bond donors (Lipinski definition) is 1. The molecule has 5 nitrogen and oxygen atoms in total. The number of hydrogen-bond acceptors (Lipinski definition) is 4. The molecule has 0 aliphatic rings. The molecule has 0 bridgehead atoms. The number of methoxy groups -OCH3 is 2. The van der Waals surface area contributed by atoms with Crippen molar-refractivity contribution in [3.63, 3.8) is 0 Å². The normalized spacial score (nSPS) is 10.4. The van der Waals surface area contributed by atoms with Crippen LogP contribution in [0.15, 0.2) is 66.7 Å². The van der Waals surface area contributed by atoms with Gasteiger partial charge in [-0.1, -0.05) is 23.7 Å². The van der Waals surface area contributed by atoms with Gasteiger partial charge in [0.05, 0.1) is 19.4 Å². The molecule has 0 aromatic heterocycles. The minimum absolute atomic E-state index is 0.259. The Kier molecular flexibility index (Phi) is 6.53. The Morgan fingerprint density at radius 1 is 0.929 bits per heavy atom. The van der Waals surface area contributed by atoms with Crippen LogP contribution < -0.4 is 14.8 Å². The van der Waals surface area contributed by atoms with Crippen LogP contribution in [0.4, 0.5) is 5.69 Å². The van der Waals surface area contributed by atoms with Gasteiger partial charge in [0, 0.05) is 17.7 Å². The molecule has 0 aliphatic carbocycles. The van der Waals surface area contributed by atoms with Crippen molar-refractivity contribution < 1.29 is 19.0 Å². The first-order chi connectivity index (χ1) is 13.6. The number of carbonyl (C=O) groups is 1. The number of rotatable bonds is 7. The molecule has 0 radical (unpaired) electrons. The zero-order valence-electron chi connectivity index (χ0n) is 15.6. The summed E-state index contributed by atoms with van der Waals surface area (Å²) in [5.74, 6) is 1.57. The third kappa shape index (κ3) is 5.03. The summed E-state index contributed by atoms with van der Waals surface area (Å²) in [6.45, 7) is 0.496. The van der Waals surface area contributed by atoms with Crippen LogP contribution in [0.25, 0.3) is 0 Å². The van der Waals surface area contributed by atoms with Crippen molar-refractivity contribution in [2.24, 2.45) is 0 Å². The van der Waals surface area contributed by atoms with Gasteiger partial charge in [-0.25, -0.2) is 0 Å². The molecule has 3 aromatic carbocycles. The molecule has 28 heavy (non-hydrogen) atoms. The van der Waals surface area contributed by atoms with E-state index >= 15 is 0 Å². The van der Waals surface area contributed by atoms with E-state index in [-0.39, 0.29) is 5.91 Å². The molecule has 0 spiro atoms. The molecule has 0 heterocycles. The van der Waals surface area contributed by atoms with Crippen LogP contribution in [0.2, 0.25) is 5.02 Å². The second kappa shape index (κ2) is 9.26. The maximum atomic E-state index is 12.6. The summed E-state index contributed by atoms with van der Waals surface area (Å²) in [4.78, 5) is 12.6. The van der Waals surface area contributed by atoms with E-state index < -0.39 is 0 Å². The maximum absolute atomic E-state index is 12.6. The predicted octanol–water partition coefficient (Wildman–Crippen LogP) is 5.54. The summed E-state index contributed by atoms with van der Waals surface area (Å²) in [6.07, 6.45) is 0. The third-order valence-electron chi connectivity index (χ3n) is 4.00. The lowest BCUT2D eigenvalue weighted by molar-refractivity contribution is 0.102. The molecule has 144 valence electrons. The summed E-state index contributed by atoms with van der Waals surface area (Å²) in [5.41, 5.74) is 2.00. The van der Waals surface area contributed by atoms with Gasteiger partial charge < -0.3 is 19.5 Å². The molecule has 0 fully saturated rings. The SMILES string of the molecule is COCc1ccc(C(=O)Nc2cc(Cl)ccc2Oc2ccc(OC)cc2)cc1. The Labute approximate surface area is 168 Å². The molecule has 0 saturated carbocycles. The summed E-state index contributed by atoms with van der Waals surface area (Å²) in [7, 11) is 3.23. The fourth-order valence-corrected chi connectivity index (χ4v) is 2.75. The quantitative estimate of drug-likeness (QED) is 0.568. The minimum Gasteiger partial charge on any atom is -0.497 e. The Morgan fingerprint density at radius 2 is 1.61 bits per heavy atom. The lowest BCUT2D eigenvalue weighted by Crippen LogP contribution is -2.12. The third-order valence-corrected chi connectivity index (χ3v) is 4.24. The molecule has 0 unspecified atom stereocenters. The van der Waals surface area contributed by atoms with E-state index in [1.54, 1.807) is 68.8 Å². The lowest BCUT2D eigenvalue weighted by Gasteiger charge is -2.13. The highest BCUT2D eigenvalue weighted by Gasteiger charge is 2.12. The second-order valence-electron chi connectivity index (χ2n) is 6.00. The largest absolute Gasteiger partial charge is 0.497 e. The zero-order valence-corrected chi connectivity index (χ0v) is 16.3. The molecule has 1 N–H and O–H groups in total. The first-order valence-electron chi connectivity index (χ1n) is 8.59. The Bertz CT molecular complexity index is 940. The van der Waals surface area contributed by atoms with Gasteiger partial charge in [-0.15, -0.1) is 0 Å². The summed E-state index contributed by atoms with van der Waals surface area (Å²) >= 11 is 6.11. The molecule has 6 heteroatoms. The van der Waals surface area contributed by atoms with E-state index in [1.165, 1.54) is 0 Å². The van der Waals surface area contributed by atoms with E-state index in [0.717, 1.165) is 11.3 Å².